The molecule has 1 unspecified atom stereocenters. The number of furan rings is 1. The second kappa shape index (κ2) is 8.31. The van der Waals surface area contributed by atoms with Gasteiger partial charge in [-0.1, -0.05) is 11.6 Å². The Bertz CT molecular complexity index is 979. The van der Waals surface area contributed by atoms with Crippen LogP contribution in [0.4, 0.5) is 0 Å². The molecule has 1 amide bonds. The highest BCUT2D eigenvalue weighted by molar-refractivity contribution is 6.47. The first-order valence-corrected chi connectivity index (χ1v) is 9.45. The maximum atomic E-state index is 12.9. The lowest BCUT2D eigenvalue weighted by atomic mass is 9.99. The highest BCUT2D eigenvalue weighted by Gasteiger charge is 2.47. The minimum atomic E-state index is -0.842. The summed E-state index contributed by atoms with van der Waals surface area (Å²) in [6, 6.07) is 7.33. The molecule has 1 aliphatic rings. The van der Waals surface area contributed by atoms with Crippen LogP contribution in [-0.4, -0.2) is 60.9 Å². The minimum absolute atomic E-state index is 0.0572. The van der Waals surface area contributed by atoms with E-state index >= 15 is 0 Å². The average Bonchev–Trinajstić information content (AvgIpc) is 3.21. The number of carbonyl (C=O) groups excluding carboxylic acids is 2. The molecule has 0 aliphatic carbocycles. The molecule has 1 saturated heterocycles. The molecule has 1 fully saturated rings. The number of hydrogen-bond acceptors (Lipinski definition) is 6. The molecule has 7 nitrogen and oxygen atoms in total. The molecule has 1 aromatic carbocycles. The Labute approximate surface area is 174 Å². The number of methoxy groups -OCH3 is 1. The molecule has 2 aromatic rings. The van der Waals surface area contributed by atoms with Crippen LogP contribution in [-0.2, 0) is 9.59 Å². The van der Waals surface area contributed by atoms with E-state index in [1.165, 1.54) is 18.1 Å². The van der Waals surface area contributed by atoms with E-state index < -0.39 is 17.7 Å². The summed E-state index contributed by atoms with van der Waals surface area (Å²) in [5.41, 5.74) is 0.156. The fourth-order valence-electron chi connectivity index (χ4n) is 3.27. The summed E-state index contributed by atoms with van der Waals surface area (Å²) in [6.45, 7) is 2.61. The number of hydrogen-bond donors (Lipinski definition) is 1. The molecule has 1 N–H and O–H groups in total. The molecule has 0 saturated carbocycles. The van der Waals surface area contributed by atoms with Gasteiger partial charge in [-0.25, -0.2) is 0 Å². The van der Waals surface area contributed by atoms with E-state index in [0.717, 1.165) is 0 Å². The summed E-state index contributed by atoms with van der Waals surface area (Å²) < 4.78 is 10.9. The first-order valence-electron chi connectivity index (χ1n) is 9.08. The van der Waals surface area contributed by atoms with Crippen LogP contribution in [0.1, 0.15) is 23.1 Å². The average molecular weight is 419 g/mol. The van der Waals surface area contributed by atoms with Crippen molar-refractivity contribution in [1.29, 1.82) is 0 Å². The first-order chi connectivity index (χ1) is 13.7. The number of rotatable bonds is 6. The molecule has 0 radical (unpaired) electrons. The summed E-state index contributed by atoms with van der Waals surface area (Å²) in [7, 11) is 5.23. The number of halogens is 1. The summed E-state index contributed by atoms with van der Waals surface area (Å²) in [6.07, 6.45) is 0. The van der Waals surface area contributed by atoms with Gasteiger partial charge >= 0.3 is 0 Å². The second-order valence-electron chi connectivity index (χ2n) is 7.09. The molecule has 1 aliphatic heterocycles. The van der Waals surface area contributed by atoms with Gasteiger partial charge in [0.15, 0.2) is 0 Å². The molecular weight excluding hydrogens is 396 g/mol. The lowest BCUT2D eigenvalue weighted by Gasteiger charge is -2.24. The number of nitrogens with zero attached hydrogens (tertiary/aromatic N) is 2. The number of likely N-dealkylation sites (N-methyl/N-ethyl adjacent to an activating group) is 1. The van der Waals surface area contributed by atoms with E-state index in [1.807, 2.05) is 19.0 Å². The van der Waals surface area contributed by atoms with Gasteiger partial charge in [0.05, 0.1) is 17.7 Å². The number of ether oxygens (including phenoxy) is 1. The third-order valence-electron chi connectivity index (χ3n) is 4.79. The predicted molar refractivity (Wildman–Crippen MR) is 109 cm³/mol. The van der Waals surface area contributed by atoms with E-state index in [-0.39, 0.29) is 21.9 Å². The Morgan fingerprint density at radius 2 is 2.00 bits per heavy atom. The Morgan fingerprint density at radius 3 is 2.59 bits per heavy atom. The van der Waals surface area contributed by atoms with Gasteiger partial charge in [0, 0.05) is 18.7 Å². The normalized spacial score (nSPS) is 18.7. The number of aliphatic hydroxyl groups excluding tert-OH is 1. The lowest BCUT2D eigenvalue weighted by molar-refractivity contribution is -0.140. The Kier molecular flexibility index (Phi) is 6.00. The highest BCUT2D eigenvalue weighted by atomic mass is 35.5. The molecular formula is C21H23ClN2O5. The van der Waals surface area contributed by atoms with Gasteiger partial charge in [-0.2, -0.15) is 0 Å². The van der Waals surface area contributed by atoms with Crippen LogP contribution in [0, 0.1) is 6.92 Å². The lowest BCUT2D eigenvalue weighted by Crippen LogP contribution is -2.35. The van der Waals surface area contributed by atoms with Gasteiger partial charge in [-0.3, -0.25) is 9.59 Å². The first kappa shape index (κ1) is 21.0. The van der Waals surface area contributed by atoms with Crippen molar-refractivity contribution < 1.29 is 23.8 Å². The van der Waals surface area contributed by atoms with Crippen molar-refractivity contribution in [1.82, 2.24) is 9.80 Å². The molecule has 0 bridgehead atoms. The zero-order valence-electron chi connectivity index (χ0n) is 16.7. The van der Waals surface area contributed by atoms with Crippen LogP contribution in [0.5, 0.6) is 5.75 Å². The summed E-state index contributed by atoms with van der Waals surface area (Å²) in [4.78, 5) is 29.0. The van der Waals surface area contributed by atoms with E-state index in [2.05, 4.69) is 0 Å². The monoisotopic (exact) mass is 418 g/mol. The molecule has 29 heavy (non-hydrogen) atoms. The summed E-state index contributed by atoms with van der Waals surface area (Å²) in [5, 5.41) is 11.3. The van der Waals surface area contributed by atoms with Gasteiger partial charge in [-0.05, 0) is 51.4 Å². The van der Waals surface area contributed by atoms with Crippen LogP contribution < -0.4 is 4.74 Å². The van der Waals surface area contributed by atoms with Crippen molar-refractivity contribution in [3.05, 3.63) is 58.0 Å². The number of ketones is 1. The molecule has 3 rings (SSSR count). The predicted octanol–water partition coefficient (Wildman–Crippen LogP) is 3.23. The smallest absolute Gasteiger partial charge is 0.295 e. The van der Waals surface area contributed by atoms with Gasteiger partial charge in [-0.15, -0.1) is 0 Å². The highest BCUT2D eigenvalue weighted by Crippen LogP contribution is 2.41. The Hall–Kier alpha value is -2.77. The number of aryl methyl sites for hydroxylation is 1. The minimum Gasteiger partial charge on any atom is -0.507 e. The van der Waals surface area contributed by atoms with Crippen molar-refractivity contribution in [3.63, 3.8) is 0 Å². The quantitative estimate of drug-likeness (QED) is 0.440. The maximum Gasteiger partial charge on any atom is 0.295 e. The topological polar surface area (TPSA) is 83.2 Å². The molecule has 1 atom stereocenters. The zero-order valence-corrected chi connectivity index (χ0v) is 17.5. The molecule has 8 heteroatoms. The van der Waals surface area contributed by atoms with Crippen molar-refractivity contribution in [2.45, 2.75) is 13.0 Å². The Balaban J connectivity index is 2.17. The van der Waals surface area contributed by atoms with Crippen molar-refractivity contribution >= 4 is 29.1 Å². The number of likely N-dealkylation sites (tertiary alicyclic amines) is 1. The summed E-state index contributed by atoms with van der Waals surface area (Å²) >= 11 is 6.26. The van der Waals surface area contributed by atoms with Crippen LogP contribution in [0.15, 0.2) is 40.3 Å². The van der Waals surface area contributed by atoms with E-state index in [1.54, 1.807) is 31.2 Å². The SMILES string of the molecule is COc1ccc(Cl)c(/C(O)=C2\C(=O)C(=O)N(CCN(C)C)C2c2ccc(C)o2)c1. The van der Waals surface area contributed by atoms with Gasteiger partial charge in [0.25, 0.3) is 11.7 Å². The fourth-order valence-corrected chi connectivity index (χ4v) is 3.48. The van der Waals surface area contributed by atoms with Crippen LogP contribution in [0.2, 0.25) is 5.02 Å². The van der Waals surface area contributed by atoms with E-state index in [9.17, 15) is 14.7 Å². The fraction of sp³-hybridized carbons (Fsp3) is 0.333. The number of carbonyl (C=O) groups is 2. The summed E-state index contributed by atoms with van der Waals surface area (Å²) in [5.74, 6) is -0.328. The van der Waals surface area contributed by atoms with Crippen molar-refractivity contribution in [3.8, 4) is 5.75 Å². The number of benzene rings is 1. The van der Waals surface area contributed by atoms with E-state index in [0.29, 0.717) is 30.4 Å². The Morgan fingerprint density at radius 1 is 1.28 bits per heavy atom. The van der Waals surface area contributed by atoms with Crippen molar-refractivity contribution in [2.24, 2.45) is 0 Å². The number of amides is 1. The van der Waals surface area contributed by atoms with Gasteiger partial charge < -0.3 is 24.1 Å². The standard InChI is InChI=1S/C21H23ClN2O5/c1-12-5-8-16(29-12)18-17(20(26)21(27)24(18)10-9-23(2)3)19(25)14-11-13(28-4)6-7-15(14)22/h5-8,11,18,25H,9-10H2,1-4H3/b19-17+. The van der Waals surface area contributed by atoms with Gasteiger partial charge in [0.1, 0.15) is 29.1 Å². The third kappa shape index (κ3) is 4.02. The second-order valence-corrected chi connectivity index (χ2v) is 7.50. The largest absolute Gasteiger partial charge is 0.507 e. The van der Waals surface area contributed by atoms with Gasteiger partial charge in [0.2, 0.25) is 0 Å². The third-order valence-corrected chi connectivity index (χ3v) is 5.12. The van der Waals surface area contributed by atoms with Crippen LogP contribution in [0.25, 0.3) is 5.76 Å². The maximum absolute atomic E-state index is 12.9. The molecule has 2 heterocycles. The van der Waals surface area contributed by atoms with Crippen LogP contribution >= 0.6 is 11.6 Å². The van der Waals surface area contributed by atoms with Crippen LogP contribution in [0.3, 0.4) is 0 Å². The zero-order chi connectivity index (χ0) is 21.3. The van der Waals surface area contributed by atoms with Crippen molar-refractivity contribution in [2.75, 3.05) is 34.3 Å². The molecule has 1 aromatic heterocycles. The molecule has 0 spiro atoms. The number of Topliss-reactive ketones (excluding diaryl/α,β-unsaturated/α-hetero) is 1. The molecule has 154 valence electrons. The van der Waals surface area contributed by atoms with E-state index in [4.69, 9.17) is 20.8 Å². The number of aliphatic hydroxyl groups is 1.